The number of rotatable bonds is 2. The predicted molar refractivity (Wildman–Crippen MR) is 64.7 cm³/mol. The summed E-state index contributed by atoms with van der Waals surface area (Å²) in [5.74, 6) is -1.22. The standard InChI is InChI=1S/C14H16F2N2/c1-10-3-2-6-18(9-10)14(8-17)11-4-5-12(15)13(16)7-11/h4-5,7,10,14H,2-3,6,9H2,1H3. The largest absolute Gasteiger partial charge is 0.284 e. The molecule has 0 N–H and O–H groups in total. The maximum atomic E-state index is 13.2. The molecule has 1 aliphatic heterocycles. The Morgan fingerprint density at radius 2 is 2.17 bits per heavy atom. The molecule has 4 heteroatoms. The Kier molecular flexibility index (Phi) is 3.93. The van der Waals surface area contributed by atoms with Gasteiger partial charge in [-0.3, -0.25) is 4.90 Å². The highest BCUT2D eigenvalue weighted by atomic mass is 19.2. The molecule has 1 aliphatic rings. The van der Waals surface area contributed by atoms with Crippen LogP contribution in [0.3, 0.4) is 0 Å². The molecular weight excluding hydrogens is 234 g/mol. The number of hydrogen-bond acceptors (Lipinski definition) is 2. The summed E-state index contributed by atoms with van der Waals surface area (Å²) in [6.07, 6.45) is 2.20. The van der Waals surface area contributed by atoms with Gasteiger partial charge in [-0.15, -0.1) is 0 Å². The first-order chi connectivity index (χ1) is 8.61. The van der Waals surface area contributed by atoms with E-state index in [0.717, 1.165) is 38.1 Å². The van der Waals surface area contributed by atoms with E-state index in [1.54, 1.807) is 0 Å². The van der Waals surface area contributed by atoms with E-state index in [4.69, 9.17) is 0 Å². The lowest BCUT2D eigenvalue weighted by molar-refractivity contribution is 0.156. The lowest BCUT2D eigenvalue weighted by atomic mass is 9.96. The van der Waals surface area contributed by atoms with E-state index >= 15 is 0 Å². The molecule has 0 bridgehead atoms. The highest BCUT2D eigenvalue weighted by Gasteiger charge is 2.25. The quantitative estimate of drug-likeness (QED) is 0.805. The summed E-state index contributed by atoms with van der Waals surface area (Å²) in [7, 11) is 0. The Labute approximate surface area is 106 Å². The summed E-state index contributed by atoms with van der Waals surface area (Å²) < 4.78 is 26.1. The molecule has 0 aliphatic carbocycles. The van der Waals surface area contributed by atoms with Gasteiger partial charge in [0.15, 0.2) is 11.6 Å². The van der Waals surface area contributed by atoms with Crippen molar-refractivity contribution >= 4 is 0 Å². The van der Waals surface area contributed by atoms with Crippen molar-refractivity contribution in [3.05, 3.63) is 35.4 Å². The molecule has 18 heavy (non-hydrogen) atoms. The molecule has 1 saturated heterocycles. The predicted octanol–water partition coefficient (Wildman–Crippen LogP) is 3.26. The second-order valence-electron chi connectivity index (χ2n) is 4.95. The molecule has 0 saturated carbocycles. The Bertz CT molecular complexity index is 467. The van der Waals surface area contributed by atoms with Gasteiger partial charge >= 0.3 is 0 Å². The Morgan fingerprint density at radius 3 is 2.78 bits per heavy atom. The number of likely N-dealkylation sites (tertiary alicyclic amines) is 1. The maximum absolute atomic E-state index is 13.2. The van der Waals surface area contributed by atoms with Gasteiger partial charge in [0.25, 0.3) is 0 Å². The SMILES string of the molecule is CC1CCCN(C(C#N)c2ccc(F)c(F)c2)C1. The zero-order chi connectivity index (χ0) is 13.1. The zero-order valence-corrected chi connectivity index (χ0v) is 10.4. The Balaban J connectivity index is 2.22. The van der Waals surface area contributed by atoms with Crippen molar-refractivity contribution in [3.8, 4) is 6.07 Å². The molecule has 96 valence electrons. The van der Waals surface area contributed by atoms with Crippen LogP contribution in [0.1, 0.15) is 31.4 Å². The van der Waals surface area contributed by atoms with Crippen molar-refractivity contribution in [1.29, 1.82) is 5.26 Å². The first kappa shape index (κ1) is 13.0. The first-order valence-corrected chi connectivity index (χ1v) is 6.20. The minimum Gasteiger partial charge on any atom is -0.284 e. The first-order valence-electron chi connectivity index (χ1n) is 6.20. The van der Waals surface area contributed by atoms with Crippen molar-refractivity contribution < 1.29 is 8.78 Å². The average molecular weight is 250 g/mol. The normalized spacial score (nSPS) is 22.4. The van der Waals surface area contributed by atoms with Crippen LogP contribution in [0.25, 0.3) is 0 Å². The summed E-state index contributed by atoms with van der Waals surface area (Å²) in [6.45, 7) is 3.81. The van der Waals surface area contributed by atoms with Gasteiger partial charge < -0.3 is 0 Å². The second kappa shape index (κ2) is 5.45. The third kappa shape index (κ3) is 2.68. The number of nitriles is 1. The third-order valence-electron chi connectivity index (χ3n) is 3.44. The molecular formula is C14H16F2N2. The molecule has 0 spiro atoms. The van der Waals surface area contributed by atoms with Gasteiger partial charge in [0.1, 0.15) is 6.04 Å². The van der Waals surface area contributed by atoms with Crippen LogP contribution < -0.4 is 0 Å². The fourth-order valence-corrected chi connectivity index (χ4v) is 2.51. The van der Waals surface area contributed by atoms with Crippen LogP contribution in [0, 0.1) is 28.9 Å². The van der Waals surface area contributed by atoms with Crippen LogP contribution in [0.5, 0.6) is 0 Å². The molecule has 1 aromatic carbocycles. The van der Waals surface area contributed by atoms with Gasteiger partial charge in [-0.2, -0.15) is 5.26 Å². The van der Waals surface area contributed by atoms with E-state index in [-0.39, 0.29) is 0 Å². The molecule has 2 atom stereocenters. The van der Waals surface area contributed by atoms with E-state index in [2.05, 4.69) is 13.0 Å². The van der Waals surface area contributed by atoms with Gasteiger partial charge in [-0.1, -0.05) is 13.0 Å². The van der Waals surface area contributed by atoms with E-state index < -0.39 is 17.7 Å². The van der Waals surface area contributed by atoms with Crippen molar-refractivity contribution in [2.75, 3.05) is 13.1 Å². The van der Waals surface area contributed by atoms with E-state index in [1.165, 1.54) is 6.07 Å². The Hall–Kier alpha value is -1.47. The van der Waals surface area contributed by atoms with Gasteiger partial charge in [0.05, 0.1) is 6.07 Å². The highest BCUT2D eigenvalue weighted by molar-refractivity contribution is 5.26. The molecule has 0 amide bonds. The van der Waals surface area contributed by atoms with Crippen LogP contribution in [0.15, 0.2) is 18.2 Å². The van der Waals surface area contributed by atoms with E-state index in [0.29, 0.717) is 11.5 Å². The van der Waals surface area contributed by atoms with Crippen molar-refractivity contribution in [2.45, 2.75) is 25.8 Å². The Morgan fingerprint density at radius 1 is 1.39 bits per heavy atom. The van der Waals surface area contributed by atoms with Crippen LogP contribution in [-0.4, -0.2) is 18.0 Å². The number of piperidine rings is 1. The van der Waals surface area contributed by atoms with Gasteiger partial charge in [0, 0.05) is 6.54 Å². The molecule has 0 aromatic heterocycles. The number of benzene rings is 1. The summed E-state index contributed by atoms with van der Waals surface area (Å²) in [4.78, 5) is 2.04. The zero-order valence-electron chi connectivity index (χ0n) is 10.4. The average Bonchev–Trinajstić information content (AvgIpc) is 2.35. The minimum atomic E-state index is -0.891. The third-order valence-corrected chi connectivity index (χ3v) is 3.44. The van der Waals surface area contributed by atoms with Crippen molar-refractivity contribution in [1.82, 2.24) is 4.90 Å². The van der Waals surface area contributed by atoms with E-state index in [1.807, 2.05) is 4.90 Å². The number of halogens is 2. The summed E-state index contributed by atoms with van der Waals surface area (Å²) in [5, 5.41) is 9.27. The molecule has 2 nitrogen and oxygen atoms in total. The lowest BCUT2D eigenvalue weighted by Crippen LogP contribution is -2.36. The van der Waals surface area contributed by atoms with Gasteiger partial charge in [-0.25, -0.2) is 8.78 Å². The van der Waals surface area contributed by atoms with Crippen LogP contribution in [0.2, 0.25) is 0 Å². The fourth-order valence-electron chi connectivity index (χ4n) is 2.51. The fraction of sp³-hybridized carbons (Fsp3) is 0.500. The van der Waals surface area contributed by atoms with E-state index in [9.17, 15) is 14.0 Å². The summed E-state index contributed by atoms with van der Waals surface area (Å²) >= 11 is 0. The molecule has 2 rings (SSSR count). The minimum absolute atomic E-state index is 0.483. The monoisotopic (exact) mass is 250 g/mol. The van der Waals surface area contributed by atoms with Gasteiger partial charge in [0.2, 0.25) is 0 Å². The van der Waals surface area contributed by atoms with Gasteiger partial charge in [-0.05, 0) is 43.0 Å². The smallest absolute Gasteiger partial charge is 0.159 e. The number of hydrogen-bond donors (Lipinski definition) is 0. The van der Waals surface area contributed by atoms with Crippen molar-refractivity contribution in [3.63, 3.8) is 0 Å². The summed E-state index contributed by atoms with van der Waals surface area (Å²) in [5.41, 5.74) is 0.533. The molecule has 2 unspecified atom stereocenters. The van der Waals surface area contributed by atoms with Crippen LogP contribution in [0.4, 0.5) is 8.78 Å². The lowest BCUT2D eigenvalue weighted by Gasteiger charge is -2.34. The summed E-state index contributed by atoms with van der Waals surface area (Å²) in [6, 6.07) is 5.41. The highest BCUT2D eigenvalue weighted by Crippen LogP contribution is 2.27. The molecule has 0 radical (unpaired) electrons. The molecule has 1 heterocycles. The maximum Gasteiger partial charge on any atom is 0.159 e. The molecule has 1 fully saturated rings. The topological polar surface area (TPSA) is 27.0 Å². The number of nitrogens with zero attached hydrogens (tertiary/aromatic N) is 2. The van der Waals surface area contributed by atoms with Crippen LogP contribution in [-0.2, 0) is 0 Å². The molecule has 1 aromatic rings. The second-order valence-corrected chi connectivity index (χ2v) is 4.95. The van der Waals surface area contributed by atoms with Crippen LogP contribution >= 0.6 is 0 Å². The van der Waals surface area contributed by atoms with Crippen molar-refractivity contribution in [2.24, 2.45) is 5.92 Å².